The first kappa shape index (κ1) is 18.8. The third-order valence-corrected chi connectivity index (χ3v) is 7.10. The topological polar surface area (TPSA) is 62.2 Å². The van der Waals surface area contributed by atoms with Crippen molar-refractivity contribution in [2.24, 2.45) is 11.3 Å². The molecule has 23 heavy (non-hydrogen) atoms. The van der Waals surface area contributed by atoms with E-state index in [0.717, 1.165) is 11.6 Å². The number of carbonyl (C=O) groups is 1. The molecular weight excluding hydrogens is 348 g/mol. The van der Waals surface area contributed by atoms with Gasteiger partial charge in [-0.2, -0.15) is 0 Å². The largest absolute Gasteiger partial charge is 0.483 e. The van der Waals surface area contributed by atoms with E-state index in [0.29, 0.717) is 16.6 Å². The average molecular weight is 373 g/mol. The van der Waals surface area contributed by atoms with E-state index in [2.05, 4.69) is 55.5 Å². The van der Waals surface area contributed by atoms with Gasteiger partial charge >= 0.3 is 0 Å². The van der Waals surface area contributed by atoms with Crippen LogP contribution in [-0.4, -0.2) is 16.6 Å². The molecule has 1 aromatic rings. The Hall–Kier alpha value is -0.500. The van der Waals surface area contributed by atoms with Crippen molar-refractivity contribution in [1.29, 1.82) is 0 Å². The zero-order valence-corrected chi connectivity index (χ0v) is 16.2. The molecule has 4 nitrogen and oxygen atoms in total. The summed E-state index contributed by atoms with van der Waals surface area (Å²) < 4.78 is 2.88. The lowest BCUT2D eigenvalue weighted by molar-refractivity contribution is -0.122. The normalized spacial score (nSPS) is 25.6. The average Bonchev–Trinajstić information content (AvgIpc) is 3.05. The molecule has 0 amide bonds. The number of aromatic nitrogens is 1. The number of thioether (sulfide) groups is 1. The predicted octanol–water partition coefficient (Wildman–Crippen LogP) is 4.67. The maximum Gasteiger partial charge on any atom is 0.290 e. The Morgan fingerprint density at radius 3 is 2.91 bits per heavy atom. The molecule has 1 aromatic heterocycles. The Labute approximate surface area is 151 Å². The van der Waals surface area contributed by atoms with Crippen LogP contribution < -0.4 is 4.72 Å². The van der Waals surface area contributed by atoms with Crippen molar-refractivity contribution in [3.8, 4) is 0 Å². The van der Waals surface area contributed by atoms with Crippen LogP contribution in [0.5, 0.6) is 0 Å². The molecule has 2 unspecified atom stereocenters. The van der Waals surface area contributed by atoms with E-state index in [9.17, 15) is 0 Å². The first-order valence-electron chi connectivity index (χ1n) is 7.69. The van der Waals surface area contributed by atoms with Crippen LogP contribution in [0.4, 0.5) is 0 Å². The summed E-state index contributed by atoms with van der Waals surface area (Å²) in [7, 11) is 0. The summed E-state index contributed by atoms with van der Waals surface area (Å²) in [6.07, 6.45) is 3.86. The smallest absolute Gasteiger partial charge is 0.290 e. The summed E-state index contributed by atoms with van der Waals surface area (Å²) in [6.45, 7) is 7.69. The lowest BCUT2D eigenvalue weighted by atomic mass is 9.74. The minimum Gasteiger partial charge on any atom is -0.483 e. The van der Waals surface area contributed by atoms with Gasteiger partial charge in [0.05, 0.1) is 17.5 Å². The number of nitrogens with zero attached hydrogens (tertiary/aromatic N) is 1. The highest BCUT2D eigenvalue weighted by molar-refractivity contribution is 8.03. The molecule has 3 rings (SSSR count). The highest BCUT2D eigenvalue weighted by atomic mass is 32.2. The van der Waals surface area contributed by atoms with Gasteiger partial charge < -0.3 is 5.11 Å². The number of carboxylic acid groups (broad SMARTS) is 1. The van der Waals surface area contributed by atoms with Gasteiger partial charge in [0.1, 0.15) is 5.01 Å². The molecule has 0 saturated carbocycles. The van der Waals surface area contributed by atoms with Crippen LogP contribution in [0.2, 0.25) is 0 Å². The molecule has 2 N–H and O–H groups in total. The van der Waals surface area contributed by atoms with Gasteiger partial charge in [-0.15, -0.1) is 23.1 Å². The zero-order chi connectivity index (χ0) is 17.0. The molecular formula is C16H24N2O2S3. The van der Waals surface area contributed by atoms with Crippen LogP contribution in [0.1, 0.15) is 56.0 Å². The van der Waals surface area contributed by atoms with Crippen LogP contribution in [-0.2, 0) is 11.3 Å². The molecule has 0 saturated heterocycles. The van der Waals surface area contributed by atoms with Crippen molar-refractivity contribution in [2.75, 3.05) is 0 Å². The molecule has 2 aliphatic rings. The van der Waals surface area contributed by atoms with E-state index in [1.165, 1.54) is 25.0 Å². The molecule has 7 heteroatoms. The van der Waals surface area contributed by atoms with Gasteiger partial charge in [-0.1, -0.05) is 39.2 Å². The first-order valence-corrected chi connectivity index (χ1v) is 9.90. The Balaban J connectivity index is 0.000000595. The monoisotopic (exact) mass is 372 g/mol. The fourth-order valence-electron chi connectivity index (χ4n) is 3.22. The second-order valence-electron chi connectivity index (χ2n) is 6.72. The lowest BCUT2D eigenvalue weighted by Gasteiger charge is -2.31. The fraction of sp³-hybridized carbons (Fsp3) is 0.625. The zero-order valence-electron chi connectivity index (χ0n) is 13.7. The van der Waals surface area contributed by atoms with E-state index < -0.39 is 0 Å². The number of hydrogen-bond donors (Lipinski definition) is 3. The van der Waals surface area contributed by atoms with Crippen LogP contribution in [0, 0.1) is 11.3 Å². The molecule has 0 fully saturated rings. The highest BCUT2D eigenvalue weighted by Gasteiger charge is 2.39. The van der Waals surface area contributed by atoms with Crippen LogP contribution in [0.3, 0.4) is 0 Å². The maximum atomic E-state index is 8.36. The summed E-state index contributed by atoms with van der Waals surface area (Å²) in [5.41, 5.74) is 3.45. The molecule has 0 spiro atoms. The van der Waals surface area contributed by atoms with Crippen molar-refractivity contribution < 1.29 is 9.90 Å². The van der Waals surface area contributed by atoms with E-state index in [1.54, 1.807) is 21.8 Å². The molecule has 0 aromatic carbocycles. The Kier molecular flexibility index (Phi) is 6.59. The van der Waals surface area contributed by atoms with E-state index in [4.69, 9.17) is 14.9 Å². The van der Waals surface area contributed by atoms with Crippen molar-refractivity contribution in [1.82, 2.24) is 9.71 Å². The number of thiol groups is 1. The van der Waals surface area contributed by atoms with E-state index >= 15 is 0 Å². The molecule has 2 atom stereocenters. The van der Waals surface area contributed by atoms with Crippen molar-refractivity contribution in [2.45, 2.75) is 51.8 Å². The van der Waals surface area contributed by atoms with Gasteiger partial charge in [-0.25, -0.2) is 4.98 Å². The highest BCUT2D eigenvalue weighted by Crippen LogP contribution is 2.58. The summed E-state index contributed by atoms with van der Waals surface area (Å²) in [5.74, 6) is 0.633. The Morgan fingerprint density at radius 2 is 2.26 bits per heavy atom. The van der Waals surface area contributed by atoms with Gasteiger partial charge in [0.25, 0.3) is 6.47 Å². The van der Waals surface area contributed by atoms with Gasteiger partial charge in [-0.05, 0) is 35.5 Å². The van der Waals surface area contributed by atoms with E-state index in [-0.39, 0.29) is 6.47 Å². The lowest BCUT2D eigenvalue weighted by Crippen LogP contribution is -2.19. The fourth-order valence-corrected chi connectivity index (χ4v) is 5.88. The number of thiazole rings is 1. The minimum atomic E-state index is -0.250. The summed E-state index contributed by atoms with van der Waals surface area (Å²) >= 11 is 7.87. The Bertz CT molecular complexity index is 584. The van der Waals surface area contributed by atoms with Gasteiger partial charge in [0.15, 0.2) is 0 Å². The number of nitrogens with one attached hydrogen (secondary N) is 1. The van der Waals surface area contributed by atoms with Crippen LogP contribution in [0.25, 0.3) is 0 Å². The van der Waals surface area contributed by atoms with Crippen molar-refractivity contribution in [3.05, 3.63) is 26.6 Å². The quantitative estimate of drug-likeness (QED) is 0.532. The van der Waals surface area contributed by atoms with Gasteiger partial charge in [0.2, 0.25) is 0 Å². The van der Waals surface area contributed by atoms with Gasteiger partial charge in [-0.3, -0.25) is 9.52 Å². The van der Waals surface area contributed by atoms with Gasteiger partial charge in [0, 0.05) is 5.38 Å². The summed E-state index contributed by atoms with van der Waals surface area (Å²) in [4.78, 5) is 14.8. The SMILES string of the molecule is CC1C2=C(CCC(C)(C)C2)SC1c1csc(CNS)n1.O=CO. The second kappa shape index (κ2) is 8.05. The Morgan fingerprint density at radius 1 is 1.57 bits per heavy atom. The molecule has 128 valence electrons. The van der Waals surface area contributed by atoms with Crippen LogP contribution >= 0.6 is 35.9 Å². The standard InChI is InChI=1S/C15H22N2S3.CH2O2/c1-9-10-6-15(2,3)5-4-12(10)20-14(9)11-8-19-13(17-11)7-16-18;2-1-3/h8-9,14,16,18H,4-7H2,1-3H3;1H,(H,2,3). The summed E-state index contributed by atoms with van der Waals surface area (Å²) in [6, 6.07) is 0. The van der Waals surface area contributed by atoms with Crippen LogP contribution in [0.15, 0.2) is 15.9 Å². The molecule has 1 aliphatic heterocycles. The van der Waals surface area contributed by atoms with Crippen molar-refractivity contribution >= 4 is 42.4 Å². The molecule has 0 radical (unpaired) electrons. The number of rotatable bonds is 3. The third-order valence-electron chi connectivity index (χ3n) is 4.42. The number of hydrogen-bond acceptors (Lipinski definition) is 6. The predicted molar refractivity (Wildman–Crippen MR) is 101 cm³/mol. The second-order valence-corrected chi connectivity index (χ2v) is 9.22. The molecule has 2 heterocycles. The maximum absolute atomic E-state index is 8.36. The molecule has 1 aliphatic carbocycles. The molecule has 0 bridgehead atoms. The summed E-state index contributed by atoms with van der Waals surface area (Å²) in [5, 5.41) is 10.8. The third kappa shape index (κ3) is 4.53. The number of allylic oxidation sites excluding steroid dienone is 2. The van der Waals surface area contributed by atoms with E-state index in [1.807, 2.05) is 0 Å². The first-order chi connectivity index (χ1) is 10.9. The van der Waals surface area contributed by atoms with Crippen molar-refractivity contribution in [3.63, 3.8) is 0 Å². The minimum absolute atomic E-state index is 0.250.